The molecular formula is C16H18ClF3N2O2. The van der Waals surface area contributed by atoms with Crippen molar-refractivity contribution in [3.05, 3.63) is 23.2 Å². The highest BCUT2D eigenvalue weighted by Gasteiger charge is 2.57. The summed E-state index contributed by atoms with van der Waals surface area (Å²) in [5, 5.41) is 6.26. The van der Waals surface area contributed by atoms with Gasteiger partial charge in [-0.15, -0.1) is 0 Å². The summed E-state index contributed by atoms with van der Waals surface area (Å²) < 4.78 is 41.8. The van der Waals surface area contributed by atoms with Crippen LogP contribution < -0.4 is 15.4 Å². The lowest BCUT2D eigenvalue weighted by atomic mass is 9.92. The zero-order valence-corrected chi connectivity index (χ0v) is 13.6. The van der Waals surface area contributed by atoms with Gasteiger partial charge in [0.2, 0.25) is 5.91 Å². The van der Waals surface area contributed by atoms with Crippen LogP contribution in [0, 0.1) is 11.3 Å². The molecule has 1 aliphatic heterocycles. The molecule has 1 saturated carbocycles. The van der Waals surface area contributed by atoms with Crippen LogP contribution in [0.2, 0.25) is 5.02 Å². The third-order valence-corrected chi connectivity index (χ3v) is 4.93. The van der Waals surface area contributed by atoms with Crippen molar-refractivity contribution < 1.29 is 22.7 Å². The Morgan fingerprint density at radius 3 is 2.75 bits per heavy atom. The fourth-order valence-electron chi connectivity index (χ4n) is 3.30. The number of alkyl halides is 3. The number of rotatable bonds is 4. The smallest absolute Gasteiger partial charge is 0.422 e. The number of carbonyl (C=O) groups is 1. The molecule has 0 bridgehead atoms. The summed E-state index contributed by atoms with van der Waals surface area (Å²) in [6.07, 6.45) is -1.74. The zero-order chi connectivity index (χ0) is 17.4. The summed E-state index contributed by atoms with van der Waals surface area (Å²) in [5.41, 5.74) is 0.216. The Labute approximate surface area is 142 Å². The van der Waals surface area contributed by atoms with Crippen LogP contribution in [0.15, 0.2) is 18.2 Å². The molecule has 1 heterocycles. The maximum absolute atomic E-state index is 12.5. The second-order valence-electron chi connectivity index (χ2n) is 6.40. The maximum atomic E-state index is 12.5. The Hall–Kier alpha value is -1.47. The van der Waals surface area contributed by atoms with Gasteiger partial charge in [-0.1, -0.05) is 11.6 Å². The fraction of sp³-hybridized carbons (Fsp3) is 0.562. The van der Waals surface area contributed by atoms with Crippen molar-refractivity contribution >= 4 is 23.2 Å². The Bertz CT molecular complexity index is 630. The summed E-state index contributed by atoms with van der Waals surface area (Å²) in [4.78, 5) is 12.5. The topological polar surface area (TPSA) is 50.4 Å². The monoisotopic (exact) mass is 362 g/mol. The lowest BCUT2D eigenvalue weighted by Crippen LogP contribution is -2.31. The van der Waals surface area contributed by atoms with Crippen LogP contribution in [0.1, 0.15) is 19.3 Å². The molecule has 132 valence electrons. The van der Waals surface area contributed by atoms with Gasteiger partial charge in [0.25, 0.3) is 0 Å². The molecule has 1 atom stereocenters. The molecule has 4 nitrogen and oxygen atoms in total. The molecule has 8 heteroatoms. The molecule has 1 spiro atoms. The van der Waals surface area contributed by atoms with Crippen molar-refractivity contribution in [3.8, 4) is 5.75 Å². The highest BCUT2D eigenvalue weighted by Crippen LogP contribution is 2.58. The van der Waals surface area contributed by atoms with Crippen molar-refractivity contribution in [3.63, 3.8) is 0 Å². The van der Waals surface area contributed by atoms with E-state index in [9.17, 15) is 18.0 Å². The average molecular weight is 363 g/mol. The van der Waals surface area contributed by atoms with Gasteiger partial charge in [0, 0.05) is 10.9 Å². The first kappa shape index (κ1) is 17.4. The van der Waals surface area contributed by atoms with E-state index < -0.39 is 12.8 Å². The molecule has 0 radical (unpaired) electrons. The van der Waals surface area contributed by atoms with Crippen LogP contribution in [-0.2, 0) is 4.79 Å². The van der Waals surface area contributed by atoms with Crippen LogP contribution in [0.3, 0.4) is 0 Å². The summed E-state index contributed by atoms with van der Waals surface area (Å²) in [6, 6.07) is 4.16. The van der Waals surface area contributed by atoms with E-state index in [4.69, 9.17) is 16.3 Å². The predicted molar refractivity (Wildman–Crippen MR) is 84.3 cm³/mol. The first-order valence-corrected chi connectivity index (χ1v) is 8.18. The van der Waals surface area contributed by atoms with Gasteiger partial charge in [0.05, 0.1) is 5.69 Å². The lowest BCUT2D eigenvalue weighted by molar-refractivity contribution is -0.153. The first-order chi connectivity index (χ1) is 11.3. The van der Waals surface area contributed by atoms with Crippen LogP contribution in [0.25, 0.3) is 0 Å². The van der Waals surface area contributed by atoms with Gasteiger partial charge in [0.1, 0.15) is 5.75 Å². The molecular weight excluding hydrogens is 345 g/mol. The van der Waals surface area contributed by atoms with Gasteiger partial charge in [0.15, 0.2) is 6.61 Å². The normalized spacial score (nSPS) is 22.2. The van der Waals surface area contributed by atoms with Crippen LogP contribution in [0.4, 0.5) is 18.9 Å². The van der Waals surface area contributed by atoms with Gasteiger partial charge in [-0.2, -0.15) is 13.2 Å². The number of amides is 1. The van der Waals surface area contributed by atoms with Crippen molar-refractivity contribution in [2.75, 3.05) is 25.0 Å². The number of hydrogen-bond donors (Lipinski definition) is 2. The Morgan fingerprint density at radius 1 is 1.38 bits per heavy atom. The van der Waals surface area contributed by atoms with Gasteiger partial charge >= 0.3 is 6.18 Å². The molecule has 0 aromatic heterocycles. The van der Waals surface area contributed by atoms with Crippen molar-refractivity contribution in [2.24, 2.45) is 11.3 Å². The summed E-state index contributed by atoms with van der Waals surface area (Å²) in [7, 11) is 0. The maximum Gasteiger partial charge on any atom is 0.422 e. The van der Waals surface area contributed by atoms with Gasteiger partial charge in [-0.05, 0) is 56.0 Å². The molecule has 2 fully saturated rings. The second-order valence-corrected chi connectivity index (χ2v) is 6.84. The van der Waals surface area contributed by atoms with Crippen molar-refractivity contribution in [1.29, 1.82) is 0 Å². The number of anilines is 1. The molecule has 1 aromatic carbocycles. The minimum absolute atomic E-state index is 0.0370. The standard InChI is InChI=1S/C16H18ClF3N2O2/c17-10-1-2-13(24-9-16(18,19)20)12(7-10)22-14(23)11-8-15(11)3-5-21-6-4-15/h1-2,7,11,21H,3-6,8-9H2,(H,22,23). The molecule has 2 aliphatic rings. The molecule has 3 rings (SSSR count). The number of piperidine rings is 1. The predicted octanol–water partition coefficient (Wildman–Crippen LogP) is 3.61. The average Bonchev–Trinajstić information content (AvgIpc) is 3.19. The zero-order valence-electron chi connectivity index (χ0n) is 12.9. The van der Waals surface area contributed by atoms with Crippen molar-refractivity contribution in [1.82, 2.24) is 5.32 Å². The van der Waals surface area contributed by atoms with E-state index in [-0.39, 0.29) is 28.7 Å². The van der Waals surface area contributed by atoms with E-state index in [0.717, 1.165) is 32.4 Å². The number of ether oxygens (including phenoxy) is 1. The first-order valence-electron chi connectivity index (χ1n) is 7.80. The Morgan fingerprint density at radius 2 is 2.08 bits per heavy atom. The minimum atomic E-state index is -4.45. The van der Waals surface area contributed by atoms with E-state index in [1.165, 1.54) is 18.2 Å². The van der Waals surface area contributed by atoms with E-state index in [0.29, 0.717) is 5.02 Å². The fourth-order valence-corrected chi connectivity index (χ4v) is 3.47. The third kappa shape index (κ3) is 3.95. The van der Waals surface area contributed by atoms with Crippen molar-refractivity contribution in [2.45, 2.75) is 25.4 Å². The SMILES string of the molecule is O=C(Nc1cc(Cl)ccc1OCC(F)(F)F)C1CC12CCNCC2. The molecule has 1 aromatic rings. The highest BCUT2D eigenvalue weighted by molar-refractivity contribution is 6.31. The molecule has 1 aliphatic carbocycles. The molecule has 2 N–H and O–H groups in total. The molecule has 24 heavy (non-hydrogen) atoms. The number of carbonyl (C=O) groups excluding carboxylic acids is 1. The lowest BCUT2D eigenvalue weighted by Gasteiger charge is -2.23. The molecule has 1 amide bonds. The highest BCUT2D eigenvalue weighted by atomic mass is 35.5. The van der Waals surface area contributed by atoms with Gasteiger partial charge in [-0.25, -0.2) is 0 Å². The van der Waals surface area contributed by atoms with Gasteiger partial charge in [-0.3, -0.25) is 4.79 Å². The van der Waals surface area contributed by atoms with Crippen LogP contribution in [-0.4, -0.2) is 31.8 Å². The Kier molecular flexibility index (Phi) is 4.66. The van der Waals surface area contributed by atoms with Gasteiger partial charge < -0.3 is 15.4 Å². The number of nitrogens with one attached hydrogen (secondary N) is 2. The van der Waals surface area contributed by atoms with Crippen LogP contribution >= 0.6 is 11.6 Å². The third-order valence-electron chi connectivity index (χ3n) is 4.70. The van der Waals surface area contributed by atoms with E-state index in [2.05, 4.69) is 10.6 Å². The van der Waals surface area contributed by atoms with E-state index in [1.54, 1.807) is 0 Å². The number of benzene rings is 1. The second kappa shape index (κ2) is 6.44. The quantitative estimate of drug-likeness (QED) is 0.860. The largest absolute Gasteiger partial charge is 0.482 e. The van der Waals surface area contributed by atoms with Crippen LogP contribution in [0.5, 0.6) is 5.75 Å². The number of hydrogen-bond acceptors (Lipinski definition) is 3. The summed E-state index contributed by atoms with van der Waals surface area (Å²) in [5.74, 6) is -0.324. The van der Waals surface area contributed by atoms with E-state index >= 15 is 0 Å². The minimum Gasteiger partial charge on any atom is -0.482 e. The van der Waals surface area contributed by atoms with E-state index in [1.807, 2.05) is 0 Å². The Balaban J connectivity index is 1.68. The molecule has 1 unspecified atom stereocenters. The summed E-state index contributed by atoms with van der Waals surface area (Å²) >= 11 is 5.89. The molecule has 1 saturated heterocycles. The number of halogens is 4. The summed E-state index contributed by atoms with van der Waals surface area (Å²) in [6.45, 7) is 0.359.